The average molecular weight is 251 g/mol. The first-order valence-corrected chi connectivity index (χ1v) is 6.09. The first kappa shape index (κ1) is 11.5. The number of aromatic nitrogens is 1. The average Bonchev–Trinajstić information content (AvgIpc) is 3.01. The highest BCUT2D eigenvalue weighted by Gasteiger charge is 2.09. The van der Waals surface area contributed by atoms with Crippen LogP contribution >= 0.6 is 0 Å². The summed E-state index contributed by atoms with van der Waals surface area (Å²) in [6, 6.07) is 17.8. The van der Waals surface area contributed by atoms with E-state index in [9.17, 15) is 0 Å². The zero-order valence-corrected chi connectivity index (χ0v) is 10.3. The van der Waals surface area contributed by atoms with Crippen LogP contribution in [0.4, 0.5) is 0 Å². The van der Waals surface area contributed by atoms with E-state index in [1.54, 1.807) is 12.5 Å². The lowest BCUT2D eigenvalue weighted by atomic mass is 10.2. The highest BCUT2D eigenvalue weighted by molar-refractivity contribution is 5.62. The van der Waals surface area contributed by atoms with Gasteiger partial charge in [-0.3, -0.25) is 0 Å². The molecule has 3 heteroatoms. The van der Waals surface area contributed by atoms with E-state index in [4.69, 9.17) is 9.15 Å². The maximum atomic E-state index is 5.85. The van der Waals surface area contributed by atoms with Gasteiger partial charge >= 0.3 is 0 Å². The summed E-state index contributed by atoms with van der Waals surface area (Å²) >= 11 is 0. The lowest BCUT2D eigenvalue weighted by Gasteiger charge is -2.09. The second-order valence-corrected chi connectivity index (χ2v) is 4.11. The van der Waals surface area contributed by atoms with E-state index < -0.39 is 0 Å². The molecule has 0 bridgehead atoms. The zero-order valence-electron chi connectivity index (χ0n) is 10.3. The van der Waals surface area contributed by atoms with Gasteiger partial charge in [-0.15, -0.1) is 0 Å². The van der Waals surface area contributed by atoms with Gasteiger partial charge in [0.25, 0.3) is 0 Å². The Morgan fingerprint density at radius 3 is 2.53 bits per heavy atom. The number of hydrogen-bond donors (Lipinski definition) is 0. The third-order valence-electron chi connectivity index (χ3n) is 2.79. The molecule has 3 rings (SSSR count). The van der Waals surface area contributed by atoms with Crippen LogP contribution in [-0.4, -0.2) is 4.98 Å². The Bertz CT molecular complexity index is 633. The molecule has 0 radical (unpaired) electrons. The summed E-state index contributed by atoms with van der Waals surface area (Å²) in [6.07, 6.45) is 3.19. The molecule has 0 saturated heterocycles. The van der Waals surface area contributed by atoms with Crippen LogP contribution in [0.15, 0.2) is 71.5 Å². The van der Waals surface area contributed by atoms with Gasteiger partial charge < -0.3 is 9.15 Å². The molecule has 0 spiro atoms. The molecule has 19 heavy (non-hydrogen) atoms. The Hall–Kier alpha value is -2.55. The van der Waals surface area contributed by atoms with E-state index in [1.807, 2.05) is 54.6 Å². The van der Waals surface area contributed by atoms with Crippen molar-refractivity contribution < 1.29 is 9.15 Å². The first-order valence-electron chi connectivity index (χ1n) is 6.09. The minimum atomic E-state index is 0.526. The van der Waals surface area contributed by atoms with Crippen molar-refractivity contribution in [1.29, 1.82) is 0 Å². The van der Waals surface area contributed by atoms with Crippen molar-refractivity contribution in [3.8, 4) is 17.2 Å². The fourth-order valence-electron chi connectivity index (χ4n) is 1.86. The van der Waals surface area contributed by atoms with Gasteiger partial charge in [-0.2, -0.15) is 0 Å². The minimum Gasteiger partial charge on any atom is -0.488 e. The molecule has 1 heterocycles. The summed E-state index contributed by atoms with van der Waals surface area (Å²) in [5.74, 6) is 1.34. The SMILES string of the molecule is c1ccc(COc2ccccc2-c2ncco2)cc1. The highest BCUT2D eigenvalue weighted by Crippen LogP contribution is 2.28. The maximum Gasteiger partial charge on any atom is 0.229 e. The molecule has 0 saturated carbocycles. The van der Waals surface area contributed by atoms with E-state index in [1.165, 1.54) is 0 Å². The number of para-hydroxylation sites is 1. The molecule has 3 aromatic rings. The largest absolute Gasteiger partial charge is 0.488 e. The summed E-state index contributed by atoms with van der Waals surface area (Å²) in [6.45, 7) is 0.526. The van der Waals surface area contributed by atoms with Gasteiger partial charge in [-0.25, -0.2) is 4.98 Å². The van der Waals surface area contributed by atoms with Gasteiger partial charge in [0, 0.05) is 0 Å². The summed E-state index contributed by atoms with van der Waals surface area (Å²) in [5.41, 5.74) is 1.99. The number of rotatable bonds is 4. The second-order valence-electron chi connectivity index (χ2n) is 4.11. The Labute approximate surface area is 111 Å². The molecule has 3 nitrogen and oxygen atoms in total. The topological polar surface area (TPSA) is 35.3 Å². The van der Waals surface area contributed by atoms with Crippen LogP contribution in [0.1, 0.15) is 5.56 Å². The van der Waals surface area contributed by atoms with E-state index in [0.29, 0.717) is 12.5 Å². The summed E-state index contributed by atoms with van der Waals surface area (Å²) in [5, 5.41) is 0. The van der Waals surface area contributed by atoms with Crippen molar-refractivity contribution in [2.45, 2.75) is 6.61 Å². The Morgan fingerprint density at radius 1 is 0.947 bits per heavy atom. The highest BCUT2D eigenvalue weighted by atomic mass is 16.5. The Balaban J connectivity index is 1.82. The van der Waals surface area contributed by atoms with E-state index >= 15 is 0 Å². The van der Waals surface area contributed by atoms with Crippen molar-refractivity contribution in [2.75, 3.05) is 0 Å². The van der Waals surface area contributed by atoms with Gasteiger partial charge in [-0.05, 0) is 17.7 Å². The fourth-order valence-corrected chi connectivity index (χ4v) is 1.86. The molecule has 0 amide bonds. The van der Waals surface area contributed by atoms with Crippen LogP contribution in [0.3, 0.4) is 0 Å². The van der Waals surface area contributed by atoms with Crippen molar-refractivity contribution in [3.05, 3.63) is 72.6 Å². The van der Waals surface area contributed by atoms with Gasteiger partial charge in [0.1, 0.15) is 18.6 Å². The van der Waals surface area contributed by atoms with Crippen molar-refractivity contribution in [3.63, 3.8) is 0 Å². The molecule has 94 valence electrons. The summed E-state index contributed by atoms with van der Waals surface area (Å²) < 4.78 is 11.2. The molecule has 0 aliphatic heterocycles. The van der Waals surface area contributed by atoms with Gasteiger partial charge in [0.15, 0.2) is 0 Å². The monoisotopic (exact) mass is 251 g/mol. The molecule has 0 aliphatic rings. The molecular formula is C16H13NO2. The number of oxazole rings is 1. The zero-order chi connectivity index (χ0) is 12.9. The van der Waals surface area contributed by atoms with Crippen LogP contribution < -0.4 is 4.74 Å². The molecule has 0 unspecified atom stereocenters. The van der Waals surface area contributed by atoms with Crippen LogP contribution in [0.5, 0.6) is 5.75 Å². The van der Waals surface area contributed by atoms with E-state index in [2.05, 4.69) is 4.98 Å². The van der Waals surface area contributed by atoms with Crippen LogP contribution in [-0.2, 0) is 6.61 Å². The maximum absolute atomic E-state index is 5.85. The smallest absolute Gasteiger partial charge is 0.229 e. The molecule has 2 aromatic carbocycles. The predicted molar refractivity (Wildman–Crippen MR) is 72.7 cm³/mol. The molecule has 0 atom stereocenters. The van der Waals surface area contributed by atoms with Crippen LogP contribution in [0.2, 0.25) is 0 Å². The number of benzene rings is 2. The van der Waals surface area contributed by atoms with Gasteiger partial charge in [0.2, 0.25) is 5.89 Å². The Morgan fingerprint density at radius 2 is 1.74 bits per heavy atom. The predicted octanol–water partition coefficient (Wildman–Crippen LogP) is 3.92. The normalized spacial score (nSPS) is 10.3. The van der Waals surface area contributed by atoms with Crippen LogP contribution in [0.25, 0.3) is 11.5 Å². The van der Waals surface area contributed by atoms with Gasteiger partial charge in [0.05, 0.1) is 11.8 Å². The van der Waals surface area contributed by atoms with Crippen LogP contribution in [0, 0.1) is 0 Å². The minimum absolute atomic E-state index is 0.526. The number of hydrogen-bond acceptors (Lipinski definition) is 3. The Kier molecular flexibility index (Phi) is 3.28. The summed E-state index contributed by atoms with van der Waals surface area (Å²) in [7, 11) is 0. The van der Waals surface area contributed by atoms with Gasteiger partial charge in [-0.1, -0.05) is 42.5 Å². The third-order valence-corrected chi connectivity index (χ3v) is 2.79. The molecular weight excluding hydrogens is 238 g/mol. The number of nitrogens with zero attached hydrogens (tertiary/aromatic N) is 1. The number of ether oxygens (including phenoxy) is 1. The van der Waals surface area contributed by atoms with Crippen molar-refractivity contribution in [2.24, 2.45) is 0 Å². The molecule has 0 aliphatic carbocycles. The second kappa shape index (κ2) is 5.40. The standard InChI is InChI=1S/C16H13NO2/c1-2-6-13(7-3-1)12-19-15-9-5-4-8-14(15)16-17-10-11-18-16/h1-11H,12H2. The molecule has 1 aromatic heterocycles. The van der Waals surface area contributed by atoms with E-state index in [-0.39, 0.29) is 0 Å². The van der Waals surface area contributed by atoms with E-state index in [0.717, 1.165) is 16.9 Å². The fraction of sp³-hybridized carbons (Fsp3) is 0.0625. The molecule has 0 fully saturated rings. The quantitative estimate of drug-likeness (QED) is 0.705. The lowest BCUT2D eigenvalue weighted by molar-refractivity contribution is 0.306. The lowest BCUT2D eigenvalue weighted by Crippen LogP contribution is -1.96. The van der Waals surface area contributed by atoms with Crippen molar-refractivity contribution in [1.82, 2.24) is 4.98 Å². The first-order chi connectivity index (χ1) is 9.43. The van der Waals surface area contributed by atoms with Crippen molar-refractivity contribution >= 4 is 0 Å². The molecule has 0 N–H and O–H groups in total. The third kappa shape index (κ3) is 2.65. The summed E-state index contributed by atoms with van der Waals surface area (Å²) in [4.78, 5) is 4.16.